The molecule has 0 unspecified atom stereocenters. The van der Waals surface area contributed by atoms with Crippen molar-refractivity contribution in [2.45, 2.75) is 6.92 Å². The van der Waals surface area contributed by atoms with Crippen molar-refractivity contribution in [2.75, 3.05) is 5.32 Å². The number of thiophene rings is 1. The Labute approximate surface area is 162 Å². The normalized spacial score (nSPS) is 10.9. The van der Waals surface area contributed by atoms with Gasteiger partial charge in [-0.15, -0.1) is 11.3 Å². The summed E-state index contributed by atoms with van der Waals surface area (Å²) in [7, 11) is 0. The first-order valence-corrected chi connectivity index (χ1v) is 9.05. The third-order valence-corrected chi connectivity index (χ3v) is 5.29. The van der Waals surface area contributed by atoms with Crippen LogP contribution in [0, 0.1) is 22.9 Å². The smallest absolute Gasteiger partial charge is 0.271 e. The number of non-ortho nitro benzene ring substituents is 1. The second kappa shape index (κ2) is 6.86. The lowest BCUT2D eigenvalue weighted by Crippen LogP contribution is -2.11. The zero-order valence-electron chi connectivity index (χ0n) is 14.5. The fourth-order valence-corrected chi connectivity index (χ4v) is 3.89. The van der Waals surface area contributed by atoms with Gasteiger partial charge >= 0.3 is 0 Å². The molecule has 0 fully saturated rings. The second-order valence-electron chi connectivity index (χ2n) is 6.04. The van der Waals surface area contributed by atoms with Crippen molar-refractivity contribution in [1.82, 2.24) is 9.78 Å². The van der Waals surface area contributed by atoms with Crippen LogP contribution in [0.1, 0.15) is 15.4 Å². The zero-order chi connectivity index (χ0) is 19.8. The number of anilines is 1. The van der Waals surface area contributed by atoms with Gasteiger partial charge in [0, 0.05) is 17.5 Å². The standard InChI is InChI=1S/C19H13FN4O3S/c1-11-14-10-17(28-19(14)23(22-11)12-5-3-2-4-6-12)18(25)21-16-9-13(24(26)27)7-8-15(16)20/h2-10H,1H3,(H,21,25). The third kappa shape index (κ3) is 3.12. The number of halogens is 1. The molecule has 0 radical (unpaired) electrons. The molecule has 2 aromatic heterocycles. The number of para-hydroxylation sites is 1. The van der Waals surface area contributed by atoms with Crippen LogP contribution in [-0.4, -0.2) is 20.6 Å². The summed E-state index contributed by atoms with van der Waals surface area (Å²) in [6.07, 6.45) is 0. The van der Waals surface area contributed by atoms with E-state index in [0.29, 0.717) is 4.88 Å². The van der Waals surface area contributed by atoms with E-state index >= 15 is 0 Å². The number of nitro groups is 1. The summed E-state index contributed by atoms with van der Waals surface area (Å²) in [6, 6.07) is 14.2. The molecule has 0 spiro atoms. The average Bonchev–Trinajstić information content (AvgIpc) is 3.25. The molecule has 9 heteroatoms. The minimum absolute atomic E-state index is 0.238. The Morgan fingerprint density at radius 3 is 2.68 bits per heavy atom. The summed E-state index contributed by atoms with van der Waals surface area (Å²) >= 11 is 1.22. The Bertz CT molecular complexity index is 1220. The van der Waals surface area contributed by atoms with Crippen LogP contribution in [0.2, 0.25) is 0 Å². The molecule has 140 valence electrons. The van der Waals surface area contributed by atoms with E-state index in [2.05, 4.69) is 10.4 Å². The molecular weight excluding hydrogens is 383 g/mol. The number of aromatic nitrogens is 2. The Kier molecular flexibility index (Phi) is 4.36. The van der Waals surface area contributed by atoms with Crippen LogP contribution in [-0.2, 0) is 0 Å². The van der Waals surface area contributed by atoms with E-state index in [1.54, 1.807) is 10.7 Å². The van der Waals surface area contributed by atoms with Gasteiger partial charge in [0.25, 0.3) is 11.6 Å². The molecule has 0 bridgehead atoms. The van der Waals surface area contributed by atoms with Crippen LogP contribution in [0.25, 0.3) is 15.9 Å². The van der Waals surface area contributed by atoms with E-state index in [1.807, 2.05) is 37.3 Å². The average molecular weight is 396 g/mol. The lowest BCUT2D eigenvalue weighted by molar-refractivity contribution is -0.384. The van der Waals surface area contributed by atoms with Gasteiger partial charge in [0.2, 0.25) is 0 Å². The maximum absolute atomic E-state index is 14.0. The van der Waals surface area contributed by atoms with Crippen molar-refractivity contribution < 1.29 is 14.1 Å². The summed E-state index contributed by atoms with van der Waals surface area (Å²) in [6.45, 7) is 1.84. The monoisotopic (exact) mass is 396 g/mol. The topological polar surface area (TPSA) is 90.1 Å². The van der Waals surface area contributed by atoms with Crippen molar-refractivity contribution in [3.05, 3.63) is 81.1 Å². The highest BCUT2D eigenvalue weighted by Gasteiger charge is 2.19. The highest BCUT2D eigenvalue weighted by Crippen LogP contribution is 2.31. The van der Waals surface area contributed by atoms with E-state index in [9.17, 15) is 19.3 Å². The van der Waals surface area contributed by atoms with Crippen molar-refractivity contribution in [3.8, 4) is 5.69 Å². The Hall–Kier alpha value is -3.59. The fourth-order valence-electron chi connectivity index (χ4n) is 2.81. The van der Waals surface area contributed by atoms with Gasteiger partial charge in [-0.05, 0) is 31.2 Å². The molecule has 1 N–H and O–H groups in total. The number of rotatable bonds is 4. The lowest BCUT2D eigenvalue weighted by atomic mass is 10.2. The van der Waals surface area contributed by atoms with E-state index < -0.39 is 16.6 Å². The molecule has 0 aliphatic heterocycles. The lowest BCUT2D eigenvalue weighted by Gasteiger charge is -2.05. The number of nitrogens with zero attached hydrogens (tertiary/aromatic N) is 3. The second-order valence-corrected chi connectivity index (χ2v) is 7.07. The minimum atomic E-state index is -0.744. The Morgan fingerprint density at radius 1 is 1.21 bits per heavy atom. The molecule has 0 atom stereocenters. The SMILES string of the molecule is Cc1nn(-c2ccccc2)c2sc(C(=O)Nc3cc([N+](=O)[O-])ccc3F)cc12. The molecule has 0 aliphatic carbocycles. The van der Waals surface area contributed by atoms with Gasteiger partial charge in [0.15, 0.2) is 0 Å². The number of hydrogen-bond donors (Lipinski definition) is 1. The van der Waals surface area contributed by atoms with Gasteiger partial charge in [0.05, 0.1) is 26.9 Å². The number of aryl methyl sites for hydroxylation is 1. The van der Waals surface area contributed by atoms with Crippen LogP contribution in [0.5, 0.6) is 0 Å². The Morgan fingerprint density at radius 2 is 1.96 bits per heavy atom. The van der Waals surface area contributed by atoms with Crippen molar-refractivity contribution >= 4 is 38.8 Å². The van der Waals surface area contributed by atoms with E-state index in [0.717, 1.165) is 39.8 Å². The van der Waals surface area contributed by atoms with Gasteiger partial charge in [-0.25, -0.2) is 9.07 Å². The summed E-state index contributed by atoms with van der Waals surface area (Å²) in [4.78, 5) is 24.0. The van der Waals surface area contributed by atoms with Gasteiger partial charge in [-0.2, -0.15) is 5.10 Å². The molecular formula is C19H13FN4O3S. The van der Waals surface area contributed by atoms with E-state index in [4.69, 9.17) is 0 Å². The van der Waals surface area contributed by atoms with Gasteiger partial charge in [0.1, 0.15) is 10.6 Å². The summed E-state index contributed by atoms with van der Waals surface area (Å²) in [5, 5.41) is 18.6. The van der Waals surface area contributed by atoms with Crippen molar-refractivity contribution in [1.29, 1.82) is 0 Å². The Balaban J connectivity index is 1.69. The molecule has 28 heavy (non-hydrogen) atoms. The highest BCUT2D eigenvalue weighted by molar-refractivity contribution is 7.20. The summed E-state index contributed by atoms with van der Waals surface area (Å²) in [5.74, 6) is -1.29. The van der Waals surface area contributed by atoms with Crippen molar-refractivity contribution in [2.24, 2.45) is 0 Å². The predicted molar refractivity (Wildman–Crippen MR) is 105 cm³/mol. The van der Waals surface area contributed by atoms with Gasteiger partial charge in [-0.1, -0.05) is 18.2 Å². The van der Waals surface area contributed by atoms with Crippen LogP contribution in [0.4, 0.5) is 15.8 Å². The predicted octanol–water partition coefficient (Wildman–Crippen LogP) is 4.70. The van der Waals surface area contributed by atoms with Crippen molar-refractivity contribution in [3.63, 3.8) is 0 Å². The number of nitrogens with one attached hydrogen (secondary N) is 1. The molecule has 7 nitrogen and oxygen atoms in total. The third-order valence-electron chi connectivity index (χ3n) is 4.18. The number of hydrogen-bond acceptors (Lipinski definition) is 5. The maximum atomic E-state index is 14.0. The number of carbonyl (C=O) groups is 1. The largest absolute Gasteiger partial charge is 0.319 e. The van der Waals surface area contributed by atoms with Crippen LogP contribution in [0.15, 0.2) is 54.6 Å². The molecule has 1 amide bonds. The number of carbonyl (C=O) groups excluding carboxylic acids is 1. The molecule has 2 aromatic carbocycles. The highest BCUT2D eigenvalue weighted by atomic mass is 32.1. The summed E-state index contributed by atoms with van der Waals surface area (Å²) < 4.78 is 15.7. The first kappa shape index (κ1) is 17.8. The van der Waals surface area contributed by atoms with Gasteiger partial charge in [-0.3, -0.25) is 14.9 Å². The van der Waals surface area contributed by atoms with Gasteiger partial charge < -0.3 is 5.32 Å². The molecule has 0 saturated heterocycles. The number of benzene rings is 2. The maximum Gasteiger partial charge on any atom is 0.271 e. The molecule has 2 heterocycles. The zero-order valence-corrected chi connectivity index (χ0v) is 15.4. The number of nitro benzene ring substituents is 1. The quantitative estimate of drug-likeness (QED) is 0.400. The molecule has 4 aromatic rings. The molecule has 0 saturated carbocycles. The first-order valence-electron chi connectivity index (χ1n) is 8.24. The van der Waals surface area contributed by atoms with E-state index in [1.165, 1.54) is 11.3 Å². The summed E-state index contributed by atoms with van der Waals surface area (Å²) in [5.41, 5.74) is 1.08. The first-order chi connectivity index (χ1) is 13.4. The van der Waals surface area contributed by atoms with Crippen LogP contribution in [0.3, 0.4) is 0 Å². The van der Waals surface area contributed by atoms with Crippen LogP contribution >= 0.6 is 11.3 Å². The van der Waals surface area contributed by atoms with Crippen LogP contribution < -0.4 is 5.32 Å². The minimum Gasteiger partial charge on any atom is -0.319 e. The van der Waals surface area contributed by atoms with E-state index in [-0.39, 0.29) is 11.4 Å². The fraction of sp³-hybridized carbons (Fsp3) is 0.0526. The number of amides is 1. The molecule has 4 rings (SSSR count). The number of fused-ring (bicyclic) bond motifs is 1. The molecule has 0 aliphatic rings.